The van der Waals surface area contributed by atoms with Crippen molar-refractivity contribution >= 4 is 25.6 Å². The van der Waals surface area contributed by atoms with Crippen molar-refractivity contribution in [1.29, 1.82) is 0 Å². The lowest BCUT2D eigenvalue weighted by Crippen LogP contribution is -2.25. The highest BCUT2D eigenvalue weighted by atomic mass is 35.7. The van der Waals surface area contributed by atoms with E-state index in [2.05, 4.69) is 5.32 Å². The van der Waals surface area contributed by atoms with Gasteiger partial charge in [-0.15, -0.1) is 0 Å². The summed E-state index contributed by atoms with van der Waals surface area (Å²) >= 11 is 0. The molecule has 0 aliphatic rings. The van der Waals surface area contributed by atoms with E-state index in [4.69, 9.17) is 15.4 Å². The van der Waals surface area contributed by atoms with Gasteiger partial charge in [0.05, 0.1) is 11.0 Å². The molecule has 0 unspecified atom stereocenters. The van der Waals surface area contributed by atoms with Crippen molar-refractivity contribution in [2.24, 2.45) is 0 Å². The molecule has 0 saturated heterocycles. The highest BCUT2D eigenvalue weighted by molar-refractivity contribution is 8.13. The van der Waals surface area contributed by atoms with Gasteiger partial charge in [-0.2, -0.15) is 0 Å². The van der Waals surface area contributed by atoms with Crippen LogP contribution < -0.4 is 5.32 Å². The summed E-state index contributed by atoms with van der Waals surface area (Å²) in [5.41, 5.74) is 0.261. The average Bonchev–Trinajstić information content (AvgIpc) is 2.37. The predicted molar refractivity (Wildman–Crippen MR) is 77.5 cm³/mol. The molecule has 1 N–H and O–H groups in total. The molecule has 1 rings (SSSR count). The first kappa shape index (κ1) is 16.9. The average molecular weight is 320 g/mol. The second kappa shape index (κ2) is 7.61. The molecule has 0 heterocycles. The number of carbonyl (C=O) groups excluding carboxylic acids is 1. The van der Waals surface area contributed by atoms with Gasteiger partial charge in [0, 0.05) is 29.4 Å². The first-order valence-electron chi connectivity index (χ1n) is 6.25. The lowest BCUT2D eigenvalue weighted by Gasteiger charge is -2.08. The van der Waals surface area contributed by atoms with Crippen LogP contribution in [-0.2, 0) is 13.8 Å². The van der Waals surface area contributed by atoms with Gasteiger partial charge in [0.25, 0.3) is 15.0 Å². The normalized spacial score (nSPS) is 11.6. The SMILES string of the molecule is CC(C)OCCCNC(=O)c1cccc(S(=O)(=O)Cl)c1. The fourth-order valence-corrected chi connectivity index (χ4v) is 2.28. The molecule has 0 aromatic heterocycles. The number of hydrogen-bond donors (Lipinski definition) is 1. The summed E-state index contributed by atoms with van der Waals surface area (Å²) < 4.78 is 27.7. The van der Waals surface area contributed by atoms with Crippen molar-refractivity contribution in [2.45, 2.75) is 31.3 Å². The number of ether oxygens (including phenoxy) is 1. The number of carbonyl (C=O) groups is 1. The van der Waals surface area contributed by atoms with E-state index in [1.54, 1.807) is 0 Å². The van der Waals surface area contributed by atoms with Crippen LogP contribution in [0.5, 0.6) is 0 Å². The van der Waals surface area contributed by atoms with Crippen molar-refractivity contribution < 1.29 is 17.9 Å². The third kappa shape index (κ3) is 5.90. The molecule has 1 amide bonds. The topological polar surface area (TPSA) is 72.5 Å². The Hall–Kier alpha value is -1.11. The van der Waals surface area contributed by atoms with E-state index in [1.165, 1.54) is 24.3 Å². The van der Waals surface area contributed by atoms with Gasteiger partial charge in [-0.25, -0.2) is 8.42 Å². The summed E-state index contributed by atoms with van der Waals surface area (Å²) in [5, 5.41) is 2.69. The van der Waals surface area contributed by atoms with Crippen LogP contribution in [-0.4, -0.2) is 33.6 Å². The molecule has 5 nitrogen and oxygen atoms in total. The molecule has 0 fully saturated rings. The Morgan fingerprint density at radius 3 is 2.70 bits per heavy atom. The summed E-state index contributed by atoms with van der Waals surface area (Å²) in [7, 11) is 1.41. The quantitative estimate of drug-likeness (QED) is 0.617. The van der Waals surface area contributed by atoms with Crippen LogP contribution in [0.25, 0.3) is 0 Å². The zero-order chi connectivity index (χ0) is 15.2. The van der Waals surface area contributed by atoms with Gasteiger partial charge in [0.15, 0.2) is 0 Å². The summed E-state index contributed by atoms with van der Waals surface area (Å²) in [6.07, 6.45) is 0.855. The van der Waals surface area contributed by atoms with Crippen molar-refractivity contribution in [1.82, 2.24) is 5.32 Å². The summed E-state index contributed by atoms with van der Waals surface area (Å²) in [5.74, 6) is -0.336. The van der Waals surface area contributed by atoms with Crippen LogP contribution in [0.2, 0.25) is 0 Å². The van der Waals surface area contributed by atoms with E-state index in [0.29, 0.717) is 19.6 Å². The van der Waals surface area contributed by atoms with Crippen LogP contribution >= 0.6 is 10.7 Å². The van der Waals surface area contributed by atoms with Crippen molar-refractivity contribution in [2.75, 3.05) is 13.2 Å². The summed E-state index contributed by atoms with van der Waals surface area (Å²) in [4.78, 5) is 11.7. The predicted octanol–water partition coefficient (Wildman–Crippen LogP) is 2.16. The van der Waals surface area contributed by atoms with Crippen molar-refractivity contribution in [3.05, 3.63) is 29.8 Å². The summed E-state index contributed by atoms with van der Waals surface area (Å²) in [6.45, 7) is 4.91. The number of nitrogens with one attached hydrogen (secondary N) is 1. The fraction of sp³-hybridized carbons (Fsp3) is 0.462. The van der Waals surface area contributed by atoms with Gasteiger partial charge in [-0.1, -0.05) is 6.07 Å². The molecular weight excluding hydrogens is 302 g/mol. The number of halogens is 1. The van der Waals surface area contributed by atoms with Crippen LogP contribution in [0.15, 0.2) is 29.2 Å². The molecule has 20 heavy (non-hydrogen) atoms. The molecule has 7 heteroatoms. The van der Waals surface area contributed by atoms with E-state index in [0.717, 1.165) is 0 Å². The smallest absolute Gasteiger partial charge is 0.261 e. The minimum Gasteiger partial charge on any atom is -0.379 e. The molecule has 0 aliphatic heterocycles. The number of benzene rings is 1. The minimum absolute atomic E-state index is 0.0880. The van der Waals surface area contributed by atoms with Crippen molar-refractivity contribution in [3.8, 4) is 0 Å². The molecule has 112 valence electrons. The zero-order valence-corrected chi connectivity index (χ0v) is 13.0. The van der Waals surface area contributed by atoms with E-state index in [9.17, 15) is 13.2 Å². The van der Waals surface area contributed by atoms with Crippen LogP contribution in [0.3, 0.4) is 0 Å². The Kier molecular flexibility index (Phi) is 6.45. The maximum Gasteiger partial charge on any atom is 0.261 e. The van der Waals surface area contributed by atoms with E-state index >= 15 is 0 Å². The largest absolute Gasteiger partial charge is 0.379 e. The minimum atomic E-state index is -3.83. The zero-order valence-electron chi connectivity index (χ0n) is 11.4. The third-order valence-electron chi connectivity index (χ3n) is 2.44. The maximum atomic E-state index is 11.8. The molecular formula is C13H18ClNO4S. The van der Waals surface area contributed by atoms with Gasteiger partial charge >= 0.3 is 0 Å². The maximum absolute atomic E-state index is 11.8. The van der Waals surface area contributed by atoms with Gasteiger partial charge in [-0.05, 0) is 38.5 Å². The Morgan fingerprint density at radius 2 is 2.10 bits per heavy atom. The standard InChI is InChI=1S/C13H18ClNO4S/c1-10(2)19-8-4-7-15-13(16)11-5-3-6-12(9-11)20(14,17)18/h3,5-6,9-10H,4,7-8H2,1-2H3,(H,15,16). The summed E-state index contributed by atoms with van der Waals surface area (Å²) in [6, 6.07) is 5.61. The molecule has 0 atom stereocenters. The third-order valence-corrected chi connectivity index (χ3v) is 3.79. The van der Waals surface area contributed by atoms with E-state index in [-0.39, 0.29) is 22.5 Å². The van der Waals surface area contributed by atoms with Gasteiger partial charge in [0.1, 0.15) is 0 Å². The lowest BCUT2D eigenvalue weighted by molar-refractivity contribution is 0.0757. The number of hydrogen-bond acceptors (Lipinski definition) is 4. The molecule has 1 aromatic rings. The second-order valence-electron chi connectivity index (χ2n) is 4.49. The first-order valence-corrected chi connectivity index (χ1v) is 8.56. The van der Waals surface area contributed by atoms with Crippen LogP contribution in [0.4, 0.5) is 0 Å². The molecule has 0 spiro atoms. The Morgan fingerprint density at radius 1 is 1.40 bits per heavy atom. The highest BCUT2D eigenvalue weighted by Gasteiger charge is 2.13. The highest BCUT2D eigenvalue weighted by Crippen LogP contribution is 2.16. The number of rotatable bonds is 7. The van der Waals surface area contributed by atoms with E-state index < -0.39 is 9.05 Å². The molecule has 0 aliphatic carbocycles. The van der Waals surface area contributed by atoms with Gasteiger partial charge < -0.3 is 10.1 Å². The Balaban J connectivity index is 2.52. The Bertz CT molecular complexity index is 557. The monoisotopic (exact) mass is 319 g/mol. The number of amides is 1. The molecule has 0 radical (unpaired) electrons. The lowest BCUT2D eigenvalue weighted by atomic mass is 10.2. The van der Waals surface area contributed by atoms with Gasteiger partial charge in [0.2, 0.25) is 0 Å². The van der Waals surface area contributed by atoms with E-state index in [1.807, 2.05) is 13.8 Å². The fourth-order valence-electron chi connectivity index (χ4n) is 1.48. The van der Waals surface area contributed by atoms with Gasteiger partial charge in [-0.3, -0.25) is 4.79 Å². The first-order chi connectivity index (χ1) is 9.30. The Labute approximate surface area is 123 Å². The van der Waals surface area contributed by atoms with Crippen LogP contribution in [0, 0.1) is 0 Å². The second-order valence-corrected chi connectivity index (χ2v) is 7.06. The molecule has 1 aromatic carbocycles. The van der Waals surface area contributed by atoms with Crippen molar-refractivity contribution in [3.63, 3.8) is 0 Å². The molecule has 0 bridgehead atoms. The molecule has 0 saturated carbocycles. The van der Waals surface area contributed by atoms with Crippen LogP contribution in [0.1, 0.15) is 30.6 Å².